The summed E-state index contributed by atoms with van der Waals surface area (Å²) < 4.78 is 0. The second-order valence-electron chi connectivity index (χ2n) is 6.21. The van der Waals surface area contributed by atoms with Crippen LogP contribution < -0.4 is 0 Å². The largest absolute Gasteiger partial charge is 0.253 e. The Morgan fingerprint density at radius 2 is 1.89 bits per heavy atom. The summed E-state index contributed by atoms with van der Waals surface area (Å²) in [7, 11) is 0. The van der Waals surface area contributed by atoms with Crippen molar-refractivity contribution in [3.05, 3.63) is 35.2 Å². The molecule has 1 aromatic carbocycles. The third-order valence-corrected chi connectivity index (χ3v) is 3.23. The minimum Gasteiger partial charge on any atom is -0.253 e. The summed E-state index contributed by atoms with van der Waals surface area (Å²) in [6.45, 7) is 10.5. The fourth-order valence-corrected chi connectivity index (χ4v) is 1.92. The van der Waals surface area contributed by atoms with Crippen LogP contribution in [0.15, 0.2) is 18.3 Å². The van der Waals surface area contributed by atoms with Crippen molar-refractivity contribution in [3.8, 4) is 6.07 Å². The van der Waals surface area contributed by atoms with Crippen LogP contribution >= 0.6 is 0 Å². The zero-order chi connectivity index (χ0) is 14.2. The van der Waals surface area contributed by atoms with E-state index < -0.39 is 0 Å². The molecule has 0 N–H and O–H groups in total. The molecule has 0 aliphatic rings. The van der Waals surface area contributed by atoms with Crippen molar-refractivity contribution in [1.29, 1.82) is 5.26 Å². The molecule has 3 nitrogen and oxygen atoms in total. The van der Waals surface area contributed by atoms with Crippen LogP contribution in [0.5, 0.6) is 0 Å². The molecule has 0 unspecified atom stereocenters. The van der Waals surface area contributed by atoms with Crippen molar-refractivity contribution < 1.29 is 0 Å². The number of hydrogen-bond donors (Lipinski definition) is 0. The van der Waals surface area contributed by atoms with E-state index >= 15 is 0 Å². The Hall–Kier alpha value is -1.95. The molecule has 0 aliphatic heterocycles. The molecule has 0 spiro atoms. The van der Waals surface area contributed by atoms with E-state index in [4.69, 9.17) is 0 Å². The van der Waals surface area contributed by atoms with Crippen molar-refractivity contribution in [1.82, 2.24) is 9.97 Å². The molecule has 2 rings (SSSR count). The predicted octanol–water partition coefficient (Wildman–Crippen LogP) is 3.92. The lowest BCUT2D eigenvalue weighted by atomic mass is 9.92. The minimum atomic E-state index is -0.0648. The monoisotopic (exact) mass is 253 g/mol. The van der Waals surface area contributed by atoms with E-state index in [1.54, 1.807) is 0 Å². The van der Waals surface area contributed by atoms with Crippen LogP contribution in [0, 0.1) is 11.3 Å². The molecule has 0 bridgehead atoms. The summed E-state index contributed by atoms with van der Waals surface area (Å²) in [6.07, 6.45) is 1.81. The number of hydrogen-bond acceptors (Lipinski definition) is 3. The molecular weight excluding hydrogens is 234 g/mol. The molecule has 19 heavy (non-hydrogen) atoms. The predicted molar refractivity (Wildman–Crippen MR) is 77.0 cm³/mol. The van der Waals surface area contributed by atoms with Crippen LogP contribution in [0.25, 0.3) is 11.0 Å². The van der Waals surface area contributed by atoms with Crippen LogP contribution in [0.4, 0.5) is 0 Å². The van der Waals surface area contributed by atoms with Gasteiger partial charge in [0.1, 0.15) is 11.6 Å². The first-order valence-corrected chi connectivity index (χ1v) is 6.54. The van der Waals surface area contributed by atoms with E-state index in [0.29, 0.717) is 17.0 Å². The fourth-order valence-electron chi connectivity index (χ4n) is 1.92. The van der Waals surface area contributed by atoms with Crippen molar-refractivity contribution in [2.24, 2.45) is 0 Å². The fraction of sp³-hybridized carbons (Fsp3) is 0.438. The van der Waals surface area contributed by atoms with Gasteiger partial charge in [0.25, 0.3) is 0 Å². The first kappa shape index (κ1) is 13.5. The molecule has 3 heteroatoms. The Labute approximate surface area is 114 Å². The summed E-state index contributed by atoms with van der Waals surface area (Å²) in [5.41, 5.74) is 4.09. The Morgan fingerprint density at radius 1 is 1.21 bits per heavy atom. The summed E-state index contributed by atoms with van der Waals surface area (Å²) >= 11 is 0. The number of rotatable bonds is 1. The topological polar surface area (TPSA) is 49.6 Å². The van der Waals surface area contributed by atoms with Gasteiger partial charge in [-0.2, -0.15) is 5.26 Å². The van der Waals surface area contributed by atoms with Crippen molar-refractivity contribution in [2.45, 2.75) is 46.0 Å². The molecule has 0 saturated heterocycles. The maximum atomic E-state index is 9.32. The SMILES string of the molecule is CC(C)c1cc(C#N)c2nc(C(C)(C)C)cnc2c1. The second-order valence-corrected chi connectivity index (χ2v) is 6.21. The first-order valence-electron chi connectivity index (χ1n) is 6.54. The van der Waals surface area contributed by atoms with Gasteiger partial charge < -0.3 is 0 Å². The third-order valence-electron chi connectivity index (χ3n) is 3.23. The van der Waals surface area contributed by atoms with Crippen LogP contribution in [-0.2, 0) is 5.41 Å². The number of aromatic nitrogens is 2. The highest BCUT2D eigenvalue weighted by Gasteiger charge is 2.18. The molecule has 1 aromatic heterocycles. The average Bonchev–Trinajstić information content (AvgIpc) is 2.35. The van der Waals surface area contributed by atoms with Gasteiger partial charge >= 0.3 is 0 Å². The maximum Gasteiger partial charge on any atom is 0.107 e. The lowest BCUT2D eigenvalue weighted by Crippen LogP contribution is -2.14. The van der Waals surface area contributed by atoms with Gasteiger partial charge in [-0.3, -0.25) is 4.98 Å². The van der Waals surface area contributed by atoms with Crippen molar-refractivity contribution >= 4 is 11.0 Å². The van der Waals surface area contributed by atoms with Crippen LogP contribution in [0.1, 0.15) is 57.4 Å². The number of nitrogens with zero attached hydrogens (tertiary/aromatic N) is 3. The van der Waals surface area contributed by atoms with E-state index in [2.05, 4.69) is 50.7 Å². The molecule has 0 saturated carbocycles. The minimum absolute atomic E-state index is 0.0648. The van der Waals surface area contributed by atoms with Crippen molar-refractivity contribution in [2.75, 3.05) is 0 Å². The zero-order valence-corrected chi connectivity index (χ0v) is 12.2. The highest BCUT2D eigenvalue weighted by atomic mass is 14.8. The van der Waals surface area contributed by atoms with E-state index in [-0.39, 0.29) is 5.41 Å². The Morgan fingerprint density at radius 3 is 2.42 bits per heavy atom. The van der Waals surface area contributed by atoms with Gasteiger partial charge in [0, 0.05) is 11.6 Å². The van der Waals surface area contributed by atoms with E-state index in [1.807, 2.05) is 18.3 Å². The molecule has 0 amide bonds. The standard InChI is InChI=1S/C16H19N3/c1-10(2)11-6-12(8-17)15-13(7-11)18-9-14(19-15)16(3,4)5/h6-7,9-10H,1-5H3. The van der Waals surface area contributed by atoms with E-state index in [1.165, 1.54) is 0 Å². The normalized spacial score (nSPS) is 11.8. The third kappa shape index (κ3) is 2.58. The lowest BCUT2D eigenvalue weighted by molar-refractivity contribution is 0.568. The van der Waals surface area contributed by atoms with Crippen LogP contribution in [0.3, 0.4) is 0 Å². The molecule has 2 aromatic rings. The second kappa shape index (κ2) is 4.62. The summed E-state index contributed by atoms with van der Waals surface area (Å²) in [6, 6.07) is 6.19. The van der Waals surface area contributed by atoms with Gasteiger partial charge in [-0.15, -0.1) is 0 Å². The number of benzene rings is 1. The van der Waals surface area contributed by atoms with Crippen LogP contribution in [0.2, 0.25) is 0 Å². The Kier molecular flexibility index (Phi) is 3.28. The average molecular weight is 253 g/mol. The summed E-state index contributed by atoms with van der Waals surface area (Å²) in [5.74, 6) is 0.376. The van der Waals surface area contributed by atoms with Crippen molar-refractivity contribution in [3.63, 3.8) is 0 Å². The van der Waals surface area contributed by atoms with Crippen LogP contribution in [-0.4, -0.2) is 9.97 Å². The van der Waals surface area contributed by atoms with Gasteiger partial charge in [0.15, 0.2) is 0 Å². The van der Waals surface area contributed by atoms with E-state index in [0.717, 1.165) is 16.8 Å². The Balaban J connectivity index is 2.74. The molecule has 1 heterocycles. The lowest BCUT2D eigenvalue weighted by Gasteiger charge is -2.18. The smallest absolute Gasteiger partial charge is 0.107 e. The molecule has 0 atom stereocenters. The molecule has 0 fully saturated rings. The summed E-state index contributed by atoms with van der Waals surface area (Å²) in [5, 5.41) is 9.32. The van der Waals surface area contributed by atoms with Gasteiger partial charge in [0.2, 0.25) is 0 Å². The molecule has 0 aliphatic carbocycles. The molecule has 0 radical (unpaired) electrons. The Bertz CT molecular complexity index is 658. The first-order chi connectivity index (χ1) is 8.82. The molecule has 98 valence electrons. The zero-order valence-electron chi connectivity index (χ0n) is 12.2. The number of nitriles is 1. The quantitative estimate of drug-likeness (QED) is 0.773. The van der Waals surface area contributed by atoms with Gasteiger partial charge in [-0.05, 0) is 23.6 Å². The van der Waals surface area contributed by atoms with Gasteiger partial charge in [-0.25, -0.2) is 4.98 Å². The summed E-state index contributed by atoms with van der Waals surface area (Å²) in [4.78, 5) is 9.12. The van der Waals surface area contributed by atoms with Gasteiger partial charge in [0.05, 0.1) is 16.8 Å². The number of fused-ring (bicyclic) bond motifs is 1. The maximum absolute atomic E-state index is 9.32. The molecular formula is C16H19N3. The highest BCUT2D eigenvalue weighted by molar-refractivity contribution is 5.81. The van der Waals surface area contributed by atoms with Gasteiger partial charge in [-0.1, -0.05) is 34.6 Å². The van der Waals surface area contributed by atoms with E-state index in [9.17, 15) is 5.26 Å². The highest BCUT2D eigenvalue weighted by Crippen LogP contribution is 2.26.